The van der Waals surface area contributed by atoms with Gasteiger partial charge in [0.05, 0.1) is 5.69 Å². The van der Waals surface area contributed by atoms with Crippen LogP contribution in [0.15, 0.2) is 24.3 Å². The predicted octanol–water partition coefficient (Wildman–Crippen LogP) is 2.69. The Bertz CT molecular complexity index is 619. The van der Waals surface area contributed by atoms with Gasteiger partial charge in [-0.2, -0.15) is 0 Å². The van der Waals surface area contributed by atoms with Gasteiger partial charge in [0.2, 0.25) is 0 Å². The van der Waals surface area contributed by atoms with Gasteiger partial charge in [-0.25, -0.2) is 4.39 Å². The number of carbonyl (C=O) groups excluding carboxylic acids is 1. The van der Waals surface area contributed by atoms with E-state index in [0.717, 1.165) is 10.9 Å². The highest BCUT2D eigenvalue weighted by atomic mass is 19.1. The van der Waals surface area contributed by atoms with Gasteiger partial charge in [0.15, 0.2) is 11.6 Å². The Kier molecular flexibility index (Phi) is 1.78. The lowest BCUT2D eigenvalue weighted by Gasteiger charge is -2.17. The van der Waals surface area contributed by atoms with Crippen molar-refractivity contribution in [3.05, 3.63) is 41.2 Å². The molecular weight excluding hydrogens is 205 g/mol. The molecule has 2 aromatic rings. The van der Waals surface area contributed by atoms with Crippen LogP contribution in [0, 0.1) is 5.82 Å². The van der Waals surface area contributed by atoms with Gasteiger partial charge in [0.25, 0.3) is 0 Å². The Balaban J connectivity index is 2.55. The van der Waals surface area contributed by atoms with Crippen LogP contribution in [0.3, 0.4) is 0 Å². The standard InChI is InChI=1S/C13H10FNO/c14-13-8-3-1-2-7-4-5-11(16)9(12(7)8)6-10(13)15/h1-3,6H,4-5,15H2. The van der Waals surface area contributed by atoms with Gasteiger partial charge < -0.3 is 5.73 Å². The number of nitrogens with two attached hydrogens (primary N) is 1. The van der Waals surface area contributed by atoms with Crippen molar-refractivity contribution in [3.63, 3.8) is 0 Å². The molecule has 2 nitrogen and oxygen atoms in total. The maximum Gasteiger partial charge on any atom is 0.163 e. The van der Waals surface area contributed by atoms with Crippen LogP contribution in [-0.2, 0) is 6.42 Å². The second-order valence-electron chi connectivity index (χ2n) is 4.09. The van der Waals surface area contributed by atoms with E-state index >= 15 is 0 Å². The second kappa shape index (κ2) is 3.04. The first-order valence-electron chi connectivity index (χ1n) is 5.21. The number of rotatable bonds is 0. The Morgan fingerprint density at radius 1 is 1.25 bits per heavy atom. The van der Waals surface area contributed by atoms with Gasteiger partial charge >= 0.3 is 0 Å². The van der Waals surface area contributed by atoms with E-state index in [1.54, 1.807) is 12.1 Å². The Morgan fingerprint density at radius 2 is 2.06 bits per heavy atom. The van der Waals surface area contributed by atoms with Crippen molar-refractivity contribution in [2.45, 2.75) is 12.8 Å². The molecule has 0 unspecified atom stereocenters. The number of nitrogen functional groups attached to an aromatic ring is 1. The Morgan fingerprint density at radius 3 is 2.88 bits per heavy atom. The van der Waals surface area contributed by atoms with Gasteiger partial charge in [0.1, 0.15) is 0 Å². The summed E-state index contributed by atoms with van der Waals surface area (Å²) in [6.07, 6.45) is 1.17. The molecule has 1 aliphatic carbocycles. The summed E-state index contributed by atoms with van der Waals surface area (Å²) < 4.78 is 13.8. The van der Waals surface area contributed by atoms with Crippen molar-refractivity contribution in [1.29, 1.82) is 0 Å². The van der Waals surface area contributed by atoms with E-state index in [0.29, 0.717) is 23.8 Å². The summed E-state index contributed by atoms with van der Waals surface area (Å²) in [6, 6.07) is 6.88. The average Bonchev–Trinajstić information content (AvgIpc) is 2.29. The first-order valence-corrected chi connectivity index (χ1v) is 5.21. The fourth-order valence-electron chi connectivity index (χ4n) is 2.36. The molecule has 0 aromatic heterocycles. The topological polar surface area (TPSA) is 43.1 Å². The molecule has 2 N–H and O–H groups in total. The predicted molar refractivity (Wildman–Crippen MR) is 61.0 cm³/mol. The molecule has 1 aliphatic rings. The van der Waals surface area contributed by atoms with Gasteiger partial charge in [-0.15, -0.1) is 0 Å². The van der Waals surface area contributed by atoms with E-state index in [1.807, 2.05) is 6.07 Å². The molecule has 3 rings (SSSR count). The summed E-state index contributed by atoms with van der Waals surface area (Å²) in [4.78, 5) is 11.8. The second-order valence-corrected chi connectivity index (χ2v) is 4.09. The fourth-order valence-corrected chi connectivity index (χ4v) is 2.36. The maximum atomic E-state index is 13.8. The lowest BCUT2D eigenvalue weighted by Crippen LogP contribution is -2.11. The molecule has 0 aliphatic heterocycles. The number of halogens is 1. The van der Waals surface area contributed by atoms with Gasteiger partial charge in [-0.1, -0.05) is 18.2 Å². The summed E-state index contributed by atoms with van der Waals surface area (Å²) in [5.74, 6) is -0.370. The van der Waals surface area contributed by atoms with Crippen molar-refractivity contribution in [2.75, 3.05) is 5.73 Å². The molecule has 3 heteroatoms. The number of aryl methyl sites for hydroxylation is 1. The van der Waals surface area contributed by atoms with Crippen LogP contribution in [0.4, 0.5) is 10.1 Å². The normalized spacial score (nSPS) is 14.4. The zero-order valence-corrected chi connectivity index (χ0v) is 8.59. The van der Waals surface area contributed by atoms with Crippen LogP contribution in [-0.4, -0.2) is 5.78 Å². The van der Waals surface area contributed by atoms with Crippen molar-refractivity contribution in [1.82, 2.24) is 0 Å². The van der Waals surface area contributed by atoms with E-state index in [4.69, 9.17) is 5.73 Å². The number of hydrogen-bond acceptors (Lipinski definition) is 2. The van der Waals surface area contributed by atoms with Crippen LogP contribution < -0.4 is 5.73 Å². The lowest BCUT2D eigenvalue weighted by atomic mass is 9.87. The summed E-state index contributed by atoms with van der Waals surface area (Å²) in [5, 5.41) is 1.20. The smallest absolute Gasteiger partial charge is 0.163 e. The maximum absolute atomic E-state index is 13.8. The molecule has 80 valence electrons. The molecule has 2 aromatic carbocycles. The van der Waals surface area contributed by atoms with Gasteiger partial charge in [0, 0.05) is 17.4 Å². The first-order chi connectivity index (χ1) is 7.68. The Labute approximate surface area is 91.9 Å². The summed E-state index contributed by atoms with van der Waals surface area (Å²) in [5.41, 5.74) is 7.22. The van der Waals surface area contributed by atoms with E-state index in [2.05, 4.69) is 0 Å². The molecule has 0 saturated heterocycles. The average molecular weight is 215 g/mol. The molecule has 0 fully saturated rings. The number of Topliss-reactive ketones (excluding diaryl/α,β-unsaturated/α-hetero) is 1. The number of hydrogen-bond donors (Lipinski definition) is 1. The fraction of sp³-hybridized carbons (Fsp3) is 0.154. The van der Waals surface area contributed by atoms with Gasteiger partial charge in [-0.05, 0) is 23.4 Å². The minimum absolute atomic E-state index is 0.0508. The molecule has 16 heavy (non-hydrogen) atoms. The molecule has 0 atom stereocenters. The minimum atomic E-state index is -0.421. The van der Waals surface area contributed by atoms with Crippen LogP contribution >= 0.6 is 0 Å². The summed E-state index contributed by atoms with van der Waals surface area (Å²) in [7, 11) is 0. The van der Waals surface area contributed by atoms with Crippen molar-refractivity contribution < 1.29 is 9.18 Å². The quantitative estimate of drug-likeness (QED) is 0.686. The molecule has 0 saturated carbocycles. The first kappa shape index (κ1) is 9.33. The van der Waals surface area contributed by atoms with Gasteiger partial charge in [-0.3, -0.25) is 4.79 Å². The SMILES string of the molecule is Nc1cc2c3c(cccc3c1F)CCC2=O. The van der Waals surface area contributed by atoms with Crippen LogP contribution in [0.2, 0.25) is 0 Å². The third-order valence-electron chi connectivity index (χ3n) is 3.13. The minimum Gasteiger partial charge on any atom is -0.396 e. The third kappa shape index (κ3) is 1.08. The van der Waals surface area contributed by atoms with Crippen LogP contribution in [0.5, 0.6) is 0 Å². The highest BCUT2D eigenvalue weighted by Gasteiger charge is 2.21. The van der Waals surface area contributed by atoms with E-state index in [9.17, 15) is 9.18 Å². The highest BCUT2D eigenvalue weighted by molar-refractivity contribution is 6.12. The Hall–Kier alpha value is -1.90. The molecule has 0 bridgehead atoms. The van der Waals surface area contributed by atoms with E-state index in [-0.39, 0.29) is 11.5 Å². The van der Waals surface area contributed by atoms with Crippen molar-refractivity contribution >= 4 is 22.2 Å². The largest absolute Gasteiger partial charge is 0.396 e. The molecular formula is C13H10FNO. The lowest BCUT2D eigenvalue weighted by molar-refractivity contribution is 0.0982. The monoisotopic (exact) mass is 215 g/mol. The summed E-state index contributed by atoms with van der Waals surface area (Å²) in [6.45, 7) is 0. The molecule has 0 amide bonds. The molecule has 0 heterocycles. The highest BCUT2D eigenvalue weighted by Crippen LogP contribution is 2.33. The zero-order chi connectivity index (χ0) is 11.3. The number of carbonyl (C=O) groups is 1. The number of benzene rings is 2. The molecule has 0 spiro atoms. The summed E-state index contributed by atoms with van der Waals surface area (Å²) >= 11 is 0. The third-order valence-corrected chi connectivity index (χ3v) is 3.13. The van der Waals surface area contributed by atoms with E-state index < -0.39 is 5.82 Å². The van der Waals surface area contributed by atoms with E-state index in [1.165, 1.54) is 6.07 Å². The van der Waals surface area contributed by atoms with Crippen molar-refractivity contribution in [2.24, 2.45) is 0 Å². The number of anilines is 1. The number of ketones is 1. The molecule has 0 radical (unpaired) electrons. The van der Waals surface area contributed by atoms with Crippen LogP contribution in [0.1, 0.15) is 22.3 Å². The zero-order valence-electron chi connectivity index (χ0n) is 8.59. The van der Waals surface area contributed by atoms with Crippen LogP contribution in [0.25, 0.3) is 10.8 Å². The van der Waals surface area contributed by atoms with Crippen molar-refractivity contribution in [3.8, 4) is 0 Å².